The molecule has 0 amide bonds. The lowest BCUT2D eigenvalue weighted by Gasteiger charge is -2.15. The van der Waals surface area contributed by atoms with Crippen LogP contribution in [0.3, 0.4) is 0 Å². The summed E-state index contributed by atoms with van der Waals surface area (Å²) in [4.78, 5) is 0. The van der Waals surface area contributed by atoms with Gasteiger partial charge in [0.25, 0.3) is 0 Å². The Morgan fingerprint density at radius 2 is 2.31 bits per heavy atom. The summed E-state index contributed by atoms with van der Waals surface area (Å²) in [6.07, 6.45) is 2.23. The summed E-state index contributed by atoms with van der Waals surface area (Å²) >= 11 is 0. The van der Waals surface area contributed by atoms with Crippen LogP contribution in [-0.2, 0) is 11.2 Å². The highest BCUT2D eigenvalue weighted by Crippen LogP contribution is 2.22. The molecule has 1 saturated heterocycles. The summed E-state index contributed by atoms with van der Waals surface area (Å²) in [5.41, 5.74) is 1.27. The molecule has 16 heavy (non-hydrogen) atoms. The van der Waals surface area contributed by atoms with E-state index in [0.29, 0.717) is 0 Å². The molecule has 1 atom stereocenters. The van der Waals surface area contributed by atoms with Gasteiger partial charge in [0.05, 0.1) is 13.2 Å². The van der Waals surface area contributed by atoms with E-state index in [1.807, 2.05) is 19.2 Å². The number of likely N-dealkylation sites (N-methyl/N-ethyl adjacent to an activating group) is 1. The molecule has 1 aromatic rings. The third-order valence-corrected chi connectivity index (χ3v) is 2.80. The highest BCUT2D eigenvalue weighted by Gasteiger charge is 2.18. The van der Waals surface area contributed by atoms with Gasteiger partial charge in [-0.15, -0.1) is 0 Å². The molecule has 1 aliphatic heterocycles. The number of hydrogen-bond acceptors (Lipinski definition) is 3. The lowest BCUT2D eigenvalue weighted by molar-refractivity contribution is 0.140. The Kier molecular flexibility index (Phi) is 4.19. The number of para-hydroxylation sites is 1. The first-order chi connectivity index (χ1) is 7.90. The summed E-state index contributed by atoms with van der Waals surface area (Å²) in [6, 6.07) is 8.25. The van der Waals surface area contributed by atoms with Gasteiger partial charge in [-0.1, -0.05) is 18.2 Å². The quantitative estimate of drug-likeness (QED) is 0.819. The summed E-state index contributed by atoms with van der Waals surface area (Å²) in [5, 5.41) is 3.16. The van der Waals surface area contributed by atoms with E-state index in [9.17, 15) is 0 Å². The van der Waals surface area contributed by atoms with Crippen molar-refractivity contribution in [3.05, 3.63) is 29.8 Å². The first-order valence-electron chi connectivity index (χ1n) is 5.87. The Morgan fingerprint density at radius 3 is 3.06 bits per heavy atom. The number of nitrogens with one attached hydrogen (secondary N) is 1. The zero-order chi connectivity index (χ0) is 11.2. The number of rotatable bonds is 5. The Morgan fingerprint density at radius 1 is 1.44 bits per heavy atom. The molecule has 0 radical (unpaired) electrons. The third kappa shape index (κ3) is 2.97. The third-order valence-electron chi connectivity index (χ3n) is 2.80. The Labute approximate surface area is 96.8 Å². The van der Waals surface area contributed by atoms with Crippen LogP contribution in [0.2, 0.25) is 0 Å². The van der Waals surface area contributed by atoms with Gasteiger partial charge in [0.15, 0.2) is 0 Å². The highest BCUT2D eigenvalue weighted by molar-refractivity contribution is 5.33. The van der Waals surface area contributed by atoms with Crippen molar-refractivity contribution in [2.24, 2.45) is 0 Å². The molecular weight excluding hydrogens is 202 g/mol. The molecule has 2 rings (SSSR count). The van der Waals surface area contributed by atoms with Gasteiger partial charge < -0.3 is 14.8 Å². The second-order valence-electron chi connectivity index (χ2n) is 4.06. The number of ether oxygens (including phenoxy) is 2. The predicted octanol–water partition coefficient (Wildman–Crippen LogP) is 1.62. The Balaban J connectivity index is 2.00. The second-order valence-corrected chi connectivity index (χ2v) is 4.06. The fourth-order valence-corrected chi connectivity index (χ4v) is 1.87. The Hall–Kier alpha value is -1.06. The average Bonchev–Trinajstić information content (AvgIpc) is 2.81. The molecule has 3 heteroatoms. The maximum Gasteiger partial charge on any atom is 0.124 e. The monoisotopic (exact) mass is 221 g/mol. The first kappa shape index (κ1) is 11.4. The molecule has 0 aromatic heterocycles. The smallest absolute Gasteiger partial charge is 0.124 e. The lowest BCUT2D eigenvalue weighted by Crippen LogP contribution is -2.17. The predicted molar refractivity (Wildman–Crippen MR) is 63.9 cm³/mol. The molecule has 1 N–H and O–H groups in total. The highest BCUT2D eigenvalue weighted by atomic mass is 16.5. The van der Waals surface area contributed by atoms with Gasteiger partial charge >= 0.3 is 0 Å². The molecular formula is C13H19NO2. The summed E-state index contributed by atoms with van der Waals surface area (Å²) < 4.78 is 11.3. The van der Waals surface area contributed by atoms with E-state index in [1.54, 1.807) is 0 Å². The van der Waals surface area contributed by atoms with Crippen LogP contribution in [0.25, 0.3) is 0 Å². The van der Waals surface area contributed by atoms with E-state index in [0.717, 1.165) is 38.3 Å². The van der Waals surface area contributed by atoms with Crippen LogP contribution in [0.4, 0.5) is 0 Å². The minimum Gasteiger partial charge on any atom is -0.488 e. The van der Waals surface area contributed by atoms with Crippen molar-refractivity contribution in [1.29, 1.82) is 0 Å². The normalized spacial score (nSPS) is 19.9. The van der Waals surface area contributed by atoms with Gasteiger partial charge in [0.2, 0.25) is 0 Å². The van der Waals surface area contributed by atoms with E-state index in [2.05, 4.69) is 17.4 Å². The fourth-order valence-electron chi connectivity index (χ4n) is 1.87. The number of hydrogen-bond donors (Lipinski definition) is 1. The molecule has 1 heterocycles. The van der Waals surface area contributed by atoms with E-state index in [1.165, 1.54) is 5.56 Å². The average molecular weight is 221 g/mol. The van der Waals surface area contributed by atoms with Crippen molar-refractivity contribution >= 4 is 0 Å². The van der Waals surface area contributed by atoms with Gasteiger partial charge in [-0.2, -0.15) is 0 Å². The zero-order valence-corrected chi connectivity index (χ0v) is 9.74. The molecule has 1 fully saturated rings. The molecule has 0 spiro atoms. The van der Waals surface area contributed by atoms with Crippen LogP contribution in [0.1, 0.15) is 12.0 Å². The SMILES string of the molecule is CNCCc1ccccc1OC1CCOC1. The van der Waals surface area contributed by atoms with Crippen LogP contribution in [-0.4, -0.2) is 32.9 Å². The summed E-state index contributed by atoms with van der Waals surface area (Å²) in [5.74, 6) is 1.01. The van der Waals surface area contributed by atoms with Crippen molar-refractivity contribution < 1.29 is 9.47 Å². The van der Waals surface area contributed by atoms with Crippen molar-refractivity contribution in [1.82, 2.24) is 5.32 Å². The first-order valence-corrected chi connectivity index (χ1v) is 5.87. The minimum atomic E-state index is 0.232. The zero-order valence-electron chi connectivity index (χ0n) is 9.74. The van der Waals surface area contributed by atoms with Gasteiger partial charge in [0.1, 0.15) is 11.9 Å². The molecule has 0 saturated carbocycles. The molecule has 0 aliphatic carbocycles. The Bertz CT molecular complexity index is 321. The van der Waals surface area contributed by atoms with Crippen molar-refractivity contribution in [3.8, 4) is 5.75 Å². The van der Waals surface area contributed by atoms with Crippen molar-refractivity contribution in [2.45, 2.75) is 18.9 Å². The van der Waals surface area contributed by atoms with Crippen LogP contribution >= 0.6 is 0 Å². The topological polar surface area (TPSA) is 30.5 Å². The summed E-state index contributed by atoms with van der Waals surface area (Å²) in [7, 11) is 1.97. The molecule has 1 aromatic carbocycles. The maximum absolute atomic E-state index is 5.95. The molecule has 88 valence electrons. The largest absolute Gasteiger partial charge is 0.488 e. The lowest BCUT2D eigenvalue weighted by atomic mass is 10.1. The van der Waals surface area contributed by atoms with Crippen molar-refractivity contribution in [2.75, 3.05) is 26.8 Å². The van der Waals surface area contributed by atoms with Gasteiger partial charge in [-0.3, -0.25) is 0 Å². The molecule has 1 aliphatic rings. The number of benzene rings is 1. The van der Waals surface area contributed by atoms with Gasteiger partial charge in [0, 0.05) is 6.42 Å². The van der Waals surface area contributed by atoms with E-state index in [-0.39, 0.29) is 6.10 Å². The van der Waals surface area contributed by atoms with Crippen LogP contribution < -0.4 is 10.1 Å². The van der Waals surface area contributed by atoms with Gasteiger partial charge in [-0.25, -0.2) is 0 Å². The fraction of sp³-hybridized carbons (Fsp3) is 0.538. The molecule has 0 bridgehead atoms. The van der Waals surface area contributed by atoms with E-state index >= 15 is 0 Å². The second kappa shape index (κ2) is 5.87. The van der Waals surface area contributed by atoms with E-state index < -0.39 is 0 Å². The van der Waals surface area contributed by atoms with Crippen LogP contribution in [0.15, 0.2) is 24.3 Å². The van der Waals surface area contributed by atoms with E-state index in [4.69, 9.17) is 9.47 Å². The van der Waals surface area contributed by atoms with Crippen LogP contribution in [0, 0.1) is 0 Å². The summed E-state index contributed by atoms with van der Waals surface area (Å²) in [6.45, 7) is 2.52. The standard InChI is InChI=1S/C13H19NO2/c1-14-8-6-11-4-2-3-5-13(11)16-12-7-9-15-10-12/h2-5,12,14H,6-10H2,1H3. The minimum absolute atomic E-state index is 0.232. The maximum atomic E-state index is 5.95. The van der Waals surface area contributed by atoms with Gasteiger partial charge in [-0.05, 0) is 31.6 Å². The van der Waals surface area contributed by atoms with Crippen molar-refractivity contribution in [3.63, 3.8) is 0 Å². The molecule has 1 unspecified atom stereocenters. The molecule has 3 nitrogen and oxygen atoms in total. The van der Waals surface area contributed by atoms with Crippen LogP contribution in [0.5, 0.6) is 5.75 Å².